The maximum atomic E-state index is 12.4. The molecular weight excluding hydrogens is 256 g/mol. The number of amides is 1. The predicted octanol–water partition coefficient (Wildman–Crippen LogP) is 2.43. The van der Waals surface area contributed by atoms with Crippen LogP contribution in [0.2, 0.25) is 0 Å². The van der Waals surface area contributed by atoms with Gasteiger partial charge in [0, 0.05) is 13.1 Å². The number of rotatable bonds is 4. The van der Waals surface area contributed by atoms with Gasteiger partial charge in [0.05, 0.1) is 0 Å². The molecule has 1 aromatic rings. The molecule has 0 bridgehead atoms. The molecule has 0 spiro atoms. The van der Waals surface area contributed by atoms with Crippen LogP contribution in [0.4, 0.5) is 0 Å². The molecule has 0 aromatic carbocycles. The number of carboxylic acids is 1. The van der Waals surface area contributed by atoms with E-state index in [9.17, 15) is 9.59 Å². The molecule has 1 aliphatic rings. The zero-order valence-corrected chi connectivity index (χ0v) is 11.9. The Bertz CT molecular complexity index is 524. The molecule has 0 aliphatic carbocycles. The highest BCUT2D eigenvalue weighted by Crippen LogP contribution is 2.37. The van der Waals surface area contributed by atoms with Gasteiger partial charge in [0.2, 0.25) is 0 Å². The molecule has 0 radical (unpaired) electrons. The fraction of sp³-hybridized carbons (Fsp3) is 0.533. The minimum atomic E-state index is -1.11. The van der Waals surface area contributed by atoms with Crippen LogP contribution >= 0.6 is 0 Å². The van der Waals surface area contributed by atoms with Gasteiger partial charge >= 0.3 is 5.97 Å². The molecule has 5 heteroatoms. The van der Waals surface area contributed by atoms with Crippen molar-refractivity contribution in [2.75, 3.05) is 13.1 Å². The summed E-state index contributed by atoms with van der Waals surface area (Å²) in [6.07, 6.45) is 3.11. The number of hydrogen-bond donors (Lipinski definition) is 1. The molecule has 0 unspecified atom stereocenters. The number of likely N-dealkylation sites (tertiary alicyclic amines) is 1. The monoisotopic (exact) mass is 276 g/mol. The molecule has 1 aromatic heterocycles. The van der Waals surface area contributed by atoms with Gasteiger partial charge in [0.25, 0.3) is 5.91 Å². The van der Waals surface area contributed by atoms with Crippen LogP contribution < -0.4 is 0 Å². The lowest BCUT2D eigenvalue weighted by Crippen LogP contribution is -2.32. The number of aromatic carboxylic acids is 1. The van der Waals surface area contributed by atoms with E-state index >= 15 is 0 Å². The second-order valence-electron chi connectivity index (χ2n) is 5.40. The molecule has 2 heterocycles. The molecule has 0 atom stereocenters. The summed E-state index contributed by atoms with van der Waals surface area (Å²) in [7, 11) is 0. The van der Waals surface area contributed by atoms with E-state index < -0.39 is 5.97 Å². The van der Waals surface area contributed by atoms with Gasteiger partial charge in [0.15, 0.2) is 0 Å². The number of carbonyl (C=O) groups excluding carboxylic acids is 1. The van der Waals surface area contributed by atoms with E-state index in [2.05, 4.69) is 18.8 Å². The van der Waals surface area contributed by atoms with Crippen LogP contribution in [-0.2, 0) is 0 Å². The van der Waals surface area contributed by atoms with Gasteiger partial charge in [-0.05, 0) is 36.8 Å². The summed E-state index contributed by atoms with van der Waals surface area (Å²) < 4.78 is 0. The molecule has 1 N–H and O–H groups in total. The van der Waals surface area contributed by atoms with Crippen LogP contribution in [0.1, 0.15) is 54.1 Å². The molecular formula is C15H20N2O3. The first-order valence-electron chi connectivity index (χ1n) is 7.01. The van der Waals surface area contributed by atoms with Gasteiger partial charge in [0.1, 0.15) is 11.4 Å². The second-order valence-corrected chi connectivity index (χ2v) is 5.40. The number of nitrogens with zero attached hydrogens (tertiary/aromatic N) is 2. The first-order valence-corrected chi connectivity index (χ1v) is 7.01. The Hall–Kier alpha value is -1.91. The van der Waals surface area contributed by atoms with Crippen molar-refractivity contribution in [3.8, 4) is 0 Å². The largest absolute Gasteiger partial charge is 0.477 e. The zero-order chi connectivity index (χ0) is 14.8. The molecule has 1 saturated heterocycles. The van der Waals surface area contributed by atoms with Gasteiger partial charge in [-0.2, -0.15) is 0 Å². The third kappa shape index (κ3) is 2.66. The van der Waals surface area contributed by atoms with Crippen LogP contribution in [-0.4, -0.2) is 40.0 Å². The fourth-order valence-electron chi connectivity index (χ4n) is 2.77. The molecule has 108 valence electrons. The second kappa shape index (κ2) is 5.61. The van der Waals surface area contributed by atoms with E-state index in [1.54, 1.807) is 17.0 Å². The standard InChI is InChI=1S/C15H20N2O3/c1-3-15(4-2)8-9-17(10-15)13(18)11-6-5-7-12(16-11)14(19)20/h5-7H,3-4,8-10H2,1-2H3,(H,19,20). The van der Waals surface area contributed by atoms with Crippen molar-refractivity contribution in [1.82, 2.24) is 9.88 Å². The molecule has 5 nitrogen and oxygen atoms in total. The third-order valence-electron chi connectivity index (χ3n) is 4.41. The van der Waals surface area contributed by atoms with Gasteiger partial charge in [-0.3, -0.25) is 4.79 Å². The Morgan fingerprint density at radius 3 is 2.50 bits per heavy atom. The Morgan fingerprint density at radius 1 is 1.30 bits per heavy atom. The fourth-order valence-corrected chi connectivity index (χ4v) is 2.77. The summed E-state index contributed by atoms with van der Waals surface area (Å²) in [4.78, 5) is 29.0. The van der Waals surface area contributed by atoms with Crippen molar-refractivity contribution in [2.24, 2.45) is 5.41 Å². The van der Waals surface area contributed by atoms with Gasteiger partial charge < -0.3 is 10.0 Å². The Morgan fingerprint density at radius 2 is 1.95 bits per heavy atom. The van der Waals surface area contributed by atoms with E-state index in [4.69, 9.17) is 5.11 Å². The zero-order valence-electron chi connectivity index (χ0n) is 11.9. The van der Waals surface area contributed by atoms with Gasteiger partial charge in [-0.1, -0.05) is 19.9 Å². The Kier molecular flexibility index (Phi) is 4.06. The van der Waals surface area contributed by atoms with Crippen LogP contribution in [0.15, 0.2) is 18.2 Å². The number of carboxylic acid groups (broad SMARTS) is 1. The summed E-state index contributed by atoms with van der Waals surface area (Å²) >= 11 is 0. The summed E-state index contributed by atoms with van der Waals surface area (Å²) in [5, 5.41) is 8.93. The van der Waals surface area contributed by atoms with Gasteiger partial charge in [-0.25, -0.2) is 9.78 Å². The normalized spacial score (nSPS) is 17.2. The highest BCUT2D eigenvalue weighted by atomic mass is 16.4. The van der Waals surface area contributed by atoms with E-state index in [1.165, 1.54) is 6.07 Å². The molecule has 1 aliphatic heterocycles. The molecule has 0 saturated carbocycles. The van der Waals surface area contributed by atoms with Crippen LogP contribution in [0.25, 0.3) is 0 Å². The highest BCUT2D eigenvalue weighted by molar-refractivity contribution is 5.94. The van der Waals surface area contributed by atoms with Crippen molar-refractivity contribution in [3.05, 3.63) is 29.6 Å². The van der Waals surface area contributed by atoms with E-state index in [0.29, 0.717) is 0 Å². The summed E-state index contributed by atoms with van der Waals surface area (Å²) in [5.41, 5.74) is 0.334. The number of aromatic nitrogens is 1. The first kappa shape index (κ1) is 14.5. The first-order chi connectivity index (χ1) is 9.51. The Balaban J connectivity index is 2.17. The number of hydrogen-bond acceptors (Lipinski definition) is 3. The molecule has 2 rings (SSSR count). The van der Waals surface area contributed by atoms with E-state index in [-0.39, 0.29) is 22.7 Å². The predicted molar refractivity (Wildman–Crippen MR) is 74.7 cm³/mol. The highest BCUT2D eigenvalue weighted by Gasteiger charge is 2.37. The smallest absolute Gasteiger partial charge is 0.354 e. The van der Waals surface area contributed by atoms with Crippen molar-refractivity contribution in [2.45, 2.75) is 33.1 Å². The average Bonchev–Trinajstić information content (AvgIpc) is 2.91. The van der Waals surface area contributed by atoms with Crippen molar-refractivity contribution < 1.29 is 14.7 Å². The van der Waals surface area contributed by atoms with Crippen molar-refractivity contribution in [3.63, 3.8) is 0 Å². The minimum Gasteiger partial charge on any atom is -0.477 e. The lowest BCUT2D eigenvalue weighted by atomic mass is 9.82. The lowest BCUT2D eigenvalue weighted by molar-refractivity contribution is 0.0690. The van der Waals surface area contributed by atoms with E-state index in [0.717, 1.165) is 32.4 Å². The van der Waals surface area contributed by atoms with Crippen LogP contribution in [0.5, 0.6) is 0 Å². The molecule has 20 heavy (non-hydrogen) atoms. The van der Waals surface area contributed by atoms with E-state index in [1.807, 2.05) is 0 Å². The van der Waals surface area contributed by atoms with Crippen molar-refractivity contribution in [1.29, 1.82) is 0 Å². The third-order valence-corrected chi connectivity index (χ3v) is 4.41. The molecule has 1 fully saturated rings. The summed E-state index contributed by atoms with van der Waals surface area (Å²) in [6, 6.07) is 4.53. The summed E-state index contributed by atoms with van der Waals surface area (Å²) in [5.74, 6) is -1.28. The summed E-state index contributed by atoms with van der Waals surface area (Å²) in [6.45, 7) is 5.76. The lowest BCUT2D eigenvalue weighted by Gasteiger charge is -2.26. The topological polar surface area (TPSA) is 70.5 Å². The van der Waals surface area contributed by atoms with Crippen LogP contribution in [0.3, 0.4) is 0 Å². The number of carbonyl (C=O) groups is 2. The minimum absolute atomic E-state index is 0.0905. The SMILES string of the molecule is CCC1(CC)CCN(C(=O)c2cccc(C(=O)O)n2)C1. The average molecular weight is 276 g/mol. The maximum absolute atomic E-state index is 12.4. The van der Waals surface area contributed by atoms with Gasteiger partial charge in [-0.15, -0.1) is 0 Å². The quantitative estimate of drug-likeness (QED) is 0.917. The van der Waals surface area contributed by atoms with Crippen LogP contribution in [0, 0.1) is 5.41 Å². The molecule has 1 amide bonds. The number of pyridine rings is 1. The van der Waals surface area contributed by atoms with Crippen molar-refractivity contribution >= 4 is 11.9 Å². The maximum Gasteiger partial charge on any atom is 0.354 e. The Labute approximate surface area is 118 Å².